The van der Waals surface area contributed by atoms with Crippen LogP contribution in [-0.4, -0.2) is 44.2 Å². The summed E-state index contributed by atoms with van der Waals surface area (Å²) in [7, 11) is 1.91. The lowest BCUT2D eigenvalue weighted by Crippen LogP contribution is -2.28. The van der Waals surface area contributed by atoms with Crippen LogP contribution in [0.2, 0.25) is 0 Å². The van der Waals surface area contributed by atoms with Crippen LogP contribution >= 0.6 is 0 Å². The van der Waals surface area contributed by atoms with Gasteiger partial charge in [0, 0.05) is 37.4 Å². The summed E-state index contributed by atoms with van der Waals surface area (Å²) in [6.07, 6.45) is 1.74. The lowest BCUT2D eigenvalue weighted by Gasteiger charge is -2.17. The molecule has 0 saturated carbocycles. The van der Waals surface area contributed by atoms with Crippen molar-refractivity contribution in [1.29, 1.82) is 0 Å². The van der Waals surface area contributed by atoms with Crippen LogP contribution in [-0.2, 0) is 13.1 Å². The first kappa shape index (κ1) is 20.6. The lowest BCUT2D eigenvalue weighted by molar-refractivity contribution is 0.714. The summed E-state index contributed by atoms with van der Waals surface area (Å²) in [6, 6.07) is 9.72. The van der Waals surface area contributed by atoms with Crippen LogP contribution in [0.5, 0.6) is 0 Å². The van der Waals surface area contributed by atoms with Crippen LogP contribution in [0.1, 0.15) is 18.4 Å². The summed E-state index contributed by atoms with van der Waals surface area (Å²) in [6.45, 7) is 5.50. The number of benzene rings is 1. The van der Waals surface area contributed by atoms with Crippen molar-refractivity contribution in [2.24, 2.45) is 5.73 Å². The number of hydrogen-bond acceptors (Lipinski definition) is 6. The largest absolute Gasteiger partial charge is 0.344 e. The third kappa shape index (κ3) is 3.88. The highest BCUT2D eigenvalue weighted by atomic mass is 16.1. The molecule has 8 nitrogen and oxygen atoms in total. The SMILES string of the molecule is CC#CCn1c(N(C)CCN)nc2ccn(Cc3nc(C)c4ccccc4n3)c(=O)c21. The number of likely N-dealkylation sites (N-methyl/N-ethyl adjacent to an activating group) is 1. The van der Waals surface area contributed by atoms with Gasteiger partial charge in [0.1, 0.15) is 11.3 Å². The second-order valence-corrected chi connectivity index (χ2v) is 7.36. The molecule has 0 amide bonds. The van der Waals surface area contributed by atoms with Gasteiger partial charge in [-0.2, -0.15) is 0 Å². The van der Waals surface area contributed by atoms with Crippen molar-refractivity contribution in [1.82, 2.24) is 24.1 Å². The number of fused-ring (bicyclic) bond motifs is 2. The van der Waals surface area contributed by atoms with Crippen LogP contribution in [0, 0.1) is 18.8 Å². The number of rotatable bonds is 6. The van der Waals surface area contributed by atoms with Crippen molar-refractivity contribution in [3.63, 3.8) is 0 Å². The maximum absolute atomic E-state index is 13.4. The van der Waals surface area contributed by atoms with Gasteiger partial charge in [0.05, 0.1) is 24.1 Å². The van der Waals surface area contributed by atoms with E-state index in [0.29, 0.717) is 42.4 Å². The average Bonchev–Trinajstić information content (AvgIpc) is 3.14. The van der Waals surface area contributed by atoms with Crippen molar-refractivity contribution < 1.29 is 0 Å². The van der Waals surface area contributed by atoms with Crippen molar-refractivity contribution in [3.8, 4) is 11.8 Å². The molecule has 0 atom stereocenters. The van der Waals surface area contributed by atoms with Crippen LogP contribution < -0.4 is 16.2 Å². The predicted molar refractivity (Wildman–Crippen MR) is 123 cm³/mol. The number of anilines is 1. The van der Waals surface area contributed by atoms with Gasteiger partial charge in [0.15, 0.2) is 0 Å². The molecule has 0 bridgehead atoms. The second-order valence-electron chi connectivity index (χ2n) is 7.36. The summed E-state index contributed by atoms with van der Waals surface area (Å²) in [5, 5.41) is 1.01. The van der Waals surface area contributed by atoms with E-state index in [-0.39, 0.29) is 12.1 Å². The number of para-hydroxylation sites is 1. The molecule has 2 N–H and O–H groups in total. The zero-order valence-electron chi connectivity index (χ0n) is 18.0. The van der Waals surface area contributed by atoms with Gasteiger partial charge in [-0.3, -0.25) is 9.36 Å². The molecule has 3 aromatic heterocycles. The Bertz CT molecular complexity index is 1370. The Labute approximate surface area is 180 Å². The maximum Gasteiger partial charge on any atom is 0.277 e. The summed E-state index contributed by atoms with van der Waals surface area (Å²) in [5.74, 6) is 7.21. The van der Waals surface area contributed by atoms with Gasteiger partial charge in [-0.05, 0) is 26.0 Å². The van der Waals surface area contributed by atoms with Gasteiger partial charge in [0.25, 0.3) is 5.56 Å². The van der Waals surface area contributed by atoms with E-state index in [2.05, 4.69) is 26.8 Å². The molecule has 0 fully saturated rings. The first-order valence-electron chi connectivity index (χ1n) is 10.2. The van der Waals surface area contributed by atoms with Crippen LogP contribution in [0.15, 0.2) is 41.3 Å². The number of aryl methyl sites for hydroxylation is 1. The highest BCUT2D eigenvalue weighted by Gasteiger charge is 2.18. The Morgan fingerprint density at radius 1 is 1.13 bits per heavy atom. The third-order valence-electron chi connectivity index (χ3n) is 5.22. The van der Waals surface area contributed by atoms with E-state index in [1.165, 1.54) is 0 Å². The van der Waals surface area contributed by atoms with Crippen molar-refractivity contribution in [2.75, 3.05) is 25.0 Å². The van der Waals surface area contributed by atoms with E-state index in [9.17, 15) is 4.79 Å². The topological polar surface area (TPSA) is 94.9 Å². The smallest absolute Gasteiger partial charge is 0.277 e. The van der Waals surface area contributed by atoms with Crippen LogP contribution in [0.3, 0.4) is 0 Å². The minimum atomic E-state index is -0.148. The number of nitrogens with two attached hydrogens (primary N) is 1. The molecule has 1 aromatic carbocycles. The van der Waals surface area contributed by atoms with Gasteiger partial charge in [0.2, 0.25) is 5.95 Å². The van der Waals surface area contributed by atoms with E-state index in [1.807, 2.05) is 53.8 Å². The van der Waals surface area contributed by atoms with Crippen LogP contribution in [0.25, 0.3) is 21.9 Å². The third-order valence-corrected chi connectivity index (χ3v) is 5.22. The van der Waals surface area contributed by atoms with Gasteiger partial charge >= 0.3 is 0 Å². The normalized spacial score (nSPS) is 11.0. The highest BCUT2D eigenvalue weighted by Crippen LogP contribution is 2.20. The van der Waals surface area contributed by atoms with Gasteiger partial charge in [-0.1, -0.05) is 24.1 Å². The van der Waals surface area contributed by atoms with Crippen molar-refractivity contribution in [3.05, 3.63) is 58.4 Å². The number of aromatic nitrogens is 5. The fourth-order valence-electron chi connectivity index (χ4n) is 3.70. The molecule has 0 spiro atoms. The first-order valence-corrected chi connectivity index (χ1v) is 10.2. The summed E-state index contributed by atoms with van der Waals surface area (Å²) in [4.78, 5) is 29.3. The van der Waals surface area contributed by atoms with Gasteiger partial charge < -0.3 is 15.2 Å². The molecule has 4 rings (SSSR count). The van der Waals surface area contributed by atoms with E-state index < -0.39 is 0 Å². The lowest BCUT2D eigenvalue weighted by atomic mass is 10.2. The summed E-state index contributed by atoms with van der Waals surface area (Å²) < 4.78 is 3.48. The molecule has 31 heavy (non-hydrogen) atoms. The summed E-state index contributed by atoms with van der Waals surface area (Å²) in [5.41, 5.74) is 8.48. The monoisotopic (exact) mass is 415 g/mol. The zero-order valence-corrected chi connectivity index (χ0v) is 18.0. The Kier molecular flexibility index (Phi) is 5.69. The number of pyridine rings is 1. The molecule has 8 heteroatoms. The second kappa shape index (κ2) is 8.58. The molecule has 0 aliphatic carbocycles. The Hall–Kier alpha value is -3.70. The van der Waals surface area contributed by atoms with E-state index >= 15 is 0 Å². The van der Waals surface area contributed by atoms with Gasteiger partial charge in [-0.15, -0.1) is 5.92 Å². The maximum atomic E-state index is 13.4. The van der Waals surface area contributed by atoms with Crippen molar-refractivity contribution >= 4 is 27.9 Å². The Morgan fingerprint density at radius 3 is 2.71 bits per heavy atom. The molecule has 158 valence electrons. The van der Waals surface area contributed by atoms with E-state index in [0.717, 1.165) is 16.6 Å². The average molecular weight is 416 g/mol. The predicted octanol–water partition coefficient (Wildman–Crippen LogP) is 1.92. The molecule has 0 aliphatic heterocycles. The minimum Gasteiger partial charge on any atom is -0.344 e. The van der Waals surface area contributed by atoms with Gasteiger partial charge in [-0.25, -0.2) is 15.0 Å². The highest BCUT2D eigenvalue weighted by molar-refractivity contribution is 5.80. The molecule has 0 unspecified atom stereocenters. The molecular weight excluding hydrogens is 390 g/mol. The molecule has 0 radical (unpaired) electrons. The van der Waals surface area contributed by atoms with E-state index in [4.69, 9.17) is 5.73 Å². The Morgan fingerprint density at radius 2 is 1.94 bits per heavy atom. The molecule has 0 saturated heterocycles. The minimum absolute atomic E-state index is 0.148. The standard InChI is InChI=1S/C23H25N7O/c1-4-5-12-30-21-19(27-23(30)28(3)14-11-24)10-13-29(22(21)31)15-20-25-16(2)17-8-6-7-9-18(17)26-20/h6-10,13H,11-12,14-15,24H2,1-3H3. The van der Waals surface area contributed by atoms with E-state index in [1.54, 1.807) is 17.7 Å². The molecular formula is C23H25N7O. The quantitative estimate of drug-likeness (QED) is 0.484. The van der Waals surface area contributed by atoms with Crippen LogP contribution in [0.4, 0.5) is 5.95 Å². The Balaban J connectivity index is 1.81. The van der Waals surface area contributed by atoms with Crippen molar-refractivity contribution in [2.45, 2.75) is 26.9 Å². The fraction of sp³-hybridized carbons (Fsp3) is 0.304. The summed E-state index contributed by atoms with van der Waals surface area (Å²) >= 11 is 0. The molecule has 3 heterocycles. The number of hydrogen-bond donors (Lipinski definition) is 1. The first-order chi connectivity index (χ1) is 15.0. The number of imidazole rings is 1. The fourth-order valence-corrected chi connectivity index (χ4v) is 3.70. The molecule has 0 aliphatic rings. The molecule has 4 aromatic rings. The number of nitrogens with zero attached hydrogens (tertiary/aromatic N) is 6. The zero-order chi connectivity index (χ0) is 22.0.